The van der Waals surface area contributed by atoms with Crippen LogP contribution >= 0.6 is 7.92 Å². The molecule has 2 heteroatoms. The van der Waals surface area contributed by atoms with Crippen molar-refractivity contribution in [3.63, 3.8) is 0 Å². The van der Waals surface area contributed by atoms with Gasteiger partial charge >= 0.3 is 0 Å². The first-order valence-corrected chi connectivity index (χ1v) is 17.1. The largest absolute Gasteiger partial charge is 0.456 e. The molecule has 214 valence electrons. The van der Waals surface area contributed by atoms with Gasteiger partial charge in [-0.2, -0.15) is 0 Å². The molecule has 0 aromatic heterocycles. The summed E-state index contributed by atoms with van der Waals surface area (Å²) in [6.45, 7) is 0. The molecule has 1 unspecified atom stereocenters. The molecule has 0 amide bonds. The fraction of sp³-hybridized carbons (Fsp3) is 0.0698. The normalized spacial score (nSPS) is 15.7. The van der Waals surface area contributed by atoms with E-state index in [1.807, 2.05) is 0 Å². The zero-order valence-corrected chi connectivity index (χ0v) is 25.8. The highest BCUT2D eigenvalue weighted by Crippen LogP contribution is 2.63. The summed E-state index contributed by atoms with van der Waals surface area (Å²) in [5, 5.41) is 4.29. The lowest BCUT2D eigenvalue weighted by molar-refractivity contribution is 0.438. The number of fused-ring (bicyclic) bond motifs is 9. The molecule has 1 nitrogen and oxygen atoms in total. The van der Waals surface area contributed by atoms with E-state index in [4.69, 9.17) is 4.74 Å². The number of hydrogen-bond acceptors (Lipinski definition) is 1. The Labute approximate surface area is 265 Å². The van der Waals surface area contributed by atoms with Crippen molar-refractivity contribution in [1.29, 1.82) is 0 Å². The topological polar surface area (TPSA) is 9.23 Å². The summed E-state index contributed by atoms with van der Waals surface area (Å²) in [5.41, 5.74) is 9.49. The van der Waals surface area contributed by atoms with Crippen molar-refractivity contribution in [1.82, 2.24) is 0 Å². The van der Waals surface area contributed by atoms with Crippen LogP contribution in [0.15, 0.2) is 169 Å². The third-order valence-corrected chi connectivity index (χ3v) is 12.1. The van der Waals surface area contributed by atoms with Crippen LogP contribution in [0.1, 0.15) is 35.1 Å². The second-order valence-electron chi connectivity index (χ2n) is 12.0. The highest BCUT2D eigenvalue weighted by molar-refractivity contribution is 7.76. The Kier molecular flexibility index (Phi) is 6.22. The van der Waals surface area contributed by atoms with Gasteiger partial charge in [-0.1, -0.05) is 152 Å². The number of allylic oxidation sites excluding steroid dienone is 4. The van der Waals surface area contributed by atoms with Crippen LogP contribution < -0.4 is 15.3 Å². The quantitative estimate of drug-likeness (QED) is 0.184. The Hall–Kier alpha value is -4.97. The van der Waals surface area contributed by atoms with Gasteiger partial charge in [-0.05, 0) is 76.6 Å². The predicted octanol–water partition coefficient (Wildman–Crippen LogP) is 10.5. The number of rotatable bonds is 4. The second-order valence-corrected chi connectivity index (χ2v) is 14.2. The van der Waals surface area contributed by atoms with Crippen LogP contribution in [0.2, 0.25) is 0 Å². The highest BCUT2D eigenvalue weighted by atomic mass is 31.1. The third kappa shape index (κ3) is 3.98. The third-order valence-electron chi connectivity index (χ3n) is 9.58. The average Bonchev–Trinajstić information content (AvgIpc) is 3.40. The summed E-state index contributed by atoms with van der Waals surface area (Å²) in [6.07, 6.45) is 9.05. The molecule has 0 saturated heterocycles. The molecule has 1 heterocycles. The van der Waals surface area contributed by atoms with E-state index in [9.17, 15) is 0 Å². The zero-order chi connectivity index (χ0) is 29.8. The van der Waals surface area contributed by atoms with E-state index in [0.717, 1.165) is 29.9 Å². The van der Waals surface area contributed by atoms with Crippen LogP contribution in [0, 0.1) is 0 Å². The molecule has 6 aromatic rings. The maximum absolute atomic E-state index is 6.97. The summed E-state index contributed by atoms with van der Waals surface area (Å²) >= 11 is 0. The van der Waals surface area contributed by atoms with Gasteiger partial charge in [-0.25, -0.2) is 0 Å². The van der Waals surface area contributed by atoms with E-state index < -0.39 is 13.3 Å². The fourth-order valence-electron chi connectivity index (χ4n) is 7.75. The first-order valence-electron chi connectivity index (χ1n) is 15.8. The van der Waals surface area contributed by atoms with Crippen molar-refractivity contribution in [2.45, 2.75) is 18.3 Å². The minimum atomic E-state index is -0.645. The molecule has 1 spiro atoms. The predicted molar refractivity (Wildman–Crippen MR) is 188 cm³/mol. The van der Waals surface area contributed by atoms with Gasteiger partial charge in [-0.15, -0.1) is 0 Å². The Morgan fingerprint density at radius 2 is 1.16 bits per heavy atom. The molecule has 0 N–H and O–H groups in total. The van der Waals surface area contributed by atoms with Crippen molar-refractivity contribution in [2.24, 2.45) is 0 Å². The summed E-state index contributed by atoms with van der Waals surface area (Å²) in [5.74, 6) is 1.87. The van der Waals surface area contributed by atoms with E-state index >= 15 is 0 Å². The molecular formula is C43H31OP. The average molecular weight is 595 g/mol. The van der Waals surface area contributed by atoms with Gasteiger partial charge in [-0.3, -0.25) is 0 Å². The van der Waals surface area contributed by atoms with Crippen LogP contribution in [0.4, 0.5) is 0 Å². The first-order chi connectivity index (χ1) is 22.3. The first kappa shape index (κ1) is 26.4. The van der Waals surface area contributed by atoms with Crippen LogP contribution in [0.5, 0.6) is 11.5 Å². The van der Waals surface area contributed by atoms with Crippen molar-refractivity contribution in [3.8, 4) is 33.8 Å². The van der Waals surface area contributed by atoms with Crippen molar-refractivity contribution in [3.05, 3.63) is 191 Å². The number of para-hydroxylation sites is 2. The van der Waals surface area contributed by atoms with Crippen LogP contribution in [-0.2, 0) is 5.41 Å². The van der Waals surface area contributed by atoms with Crippen LogP contribution in [0.25, 0.3) is 22.3 Å². The molecule has 2 aliphatic carbocycles. The molecule has 45 heavy (non-hydrogen) atoms. The van der Waals surface area contributed by atoms with Gasteiger partial charge in [0.05, 0.1) is 5.41 Å². The van der Waals surface area contributed by atoms with Gasteiger partial charge < -0.3 is 4.74 Å². The van der Waals surface area contributed by atoms with Crippen LogP contribution in [0.3, 0.4) is 0 Å². The molecule has 0 fully saturated rings. The van der Waals surface area contributed by atoms with Gasteiger partial charge in [0.2, 0.25) is 0 Å². The lowest BCUT2D eigenvalue weighted by Gasteiger charge is -2.40. The Bertz CT molecular complexity index is 2110. The van der Waals surface area contributed by atoms with Crippen molar-refractivity contribution < 1.29 is 4.74 Å². The van der Waals surface area contributed by atoms with E-state index in [-0.39, 0.29) is 0 Å². The molecule has 0 saturated carbocycles. The van der Waals surface area contributed by atoms with E-state index in [2.05, 4.69) is 164 Å². The summed E-state index contributed by atoms with van der Waals surface area (Å²) in [6, 6.07) is 53.5. The van der Waals surface area contributed by atoms with E-state index in [1.165, 1.54) is 54.9 Å². The van der Waals surface area contributed by atoms with Gasteiger partial charge in [0.25, 0.3) is 0 Å². The van der Waals surface area contributed by atoms with Crippen molar-refractivity contribution >= 4 is 18.5 Å². The van der Waals surface area contributed by atoms with Gasteiger partial charge in [0.15, 0.2) is 0 Å². The monoisotopic (exact) mass is 594 g/mol. The maximum atomic E-state index is 6.97. The minimum Gasteiger partial charge on any atom is -0.456 e. The molecule has 0 radical (unpaired) electrons. The molecular weight excluding hydrogens is 563 g/mol. The lowest BCUT2D eigenvalue weighted by Crippen LogP contribution is -2.32. The molecule has 3 aliphatic rings. The summed E-state index contributed by atoms with van der Waals surface area (Å²) < 4.78 is 6.97. The Morgan fingerprint density at radius 1 is 0.533 bits per heavy atom. The molecule has 0 bridgehead atoms. The van der Waals surface area contributed by atoms with Crippen molar-refractivity contribution in [2.75, 3.05) is 0 Å². The molecule has 6 aromatic carbocycles. The lowest BCUT2D eigenvalue weighted by atomic mass is 9.65. The Balaban J connectivity index is 1.28. The SMILES string of the molecule is C1=CCCC(P(c2ccccc2)c2cccc(-c3cccc4c3Oc3ccccc3C43c4ccccc4-c4ccccc43)c2)=C1. The Morgan fingerprint density at radius 3 is 1.91 bits per heavy atom. The molecule has 9 rings (SSSR count). The molecule has 1 aliphatic heterocycles. The summed E-state index contributed by atoms with van der Waals surface area (Å²) in [7, 11) is -0.645. The maximum Gasteiger partial charge on any atom is 0.140 e. The number of benzene rings is 6. The van der Waals surface area contributed by atoms with Gasteiger partial charge in [0.1, 0.15) is 11.5 Å². The van der Waals surface area contributed by atoms with E-state index in [1.54, 1.807) is 0 Å². The fourth-order valence-corrected chi connectivity index (χ4v) is 10.3. The second kappa shape index (κ2) is 10.6. The number of ether oxygens (including phenoxy) is 1. The molecule has 1 atom stereocenters. The zero-order valence-electron chi connectivity index (χ0n) is 24.9. The minimum absolute atomic E-state index is 0.457. The summed E-state index contributed by atoms with van der Waals surface area (Å²) in [4.78, 5) is 0. The van der Waals surface area contributed by atoms with Crippen LogP contribution in [-0.4, -0.2) is 0 Å². The smallest absolute Gasteiger partial charge is 0.140 e. The highest BCUT2D eigenvalue weighted by Gasteiger charge is 2.51. The van der Waals surface area contributed by atoms with Gasteiger partial charge in [0, 0.05) is 16.7 Å². The standard InChI is InChI=1S/C43H31OP/c1-3-16-31(17-4-1)45(32-18-5-2-6-19-32)33-20-13-15-30(29-33)34-23-14-27-40-42(34)44-41-28-12-11-26-39(41)43(40)37-24-9-7-21-35(37)36-22-8-10-25-38(36)43/h1-5,7-18,20-29H,6,19H2. The van der Waals surface area contributed by atoms with E-state index in [0.29, 0.717) is 0 Å². The number of hydrogen-bond donors (Lipinski definition) is 0.